The molecular formula is C15H11N3O3S. The van der Waals surface area contributed by atoms with Gasteiger partial charge in [-0.3, -0.25) is 0 Å². The summed E-state index contributed by atoms with van der Waals surface area (Å²) in [5.41, 5.74) is 2.15. The second-order valence-corrected chi connectivity index (χ2v) is 6.32. The lowest BCUT2D eigenvalue weighted by Gasteiger charge is -2.08. The number of hydrogen-bond donors (Lipinski definition) is 1. The van der Waals surface area contributed by atoms with Crippen molar-refractivity contribution in [3.8, 4) is 6.07 Å². The molecule has 0 saturated carbocycles. The highest BCUT2D eigenvalue weighted by atomic mass is 32.2. The number of fused-ring (bicyclic) bond motifs is 1. The molecule has 3 aromatic rings. The van der Waals surface area contributed by atoms with Crippen molar-refractivity contribution in [2.45, 2.75) is 11.4 Å². The van der Waals surface area contributed by atoms with Crippen LogP contribution in [-0.2, 0) is 16.6 Å². The summed E-state index contributed by atoms with van der Waals surface area (Å²) in [5.74, 6) is 0. The highest BCUT2D eigenvalue weighted by molar-refractivity contribution is 7.89. The van der Waals surface area contributed by atoms with Crippen molar-refractivity contribution in [3.63, 3.8) is 0 Å². The van der Waals surface area contributed by atoms with Gasteiger partial charge in [0, 0.05) is 6.54 Å². The predicted molar refractivity (Wildman–Crippen MR) is 79.2 cm³/mol. The summed E-state index contributed by atoms with van der Waals surface area (Å²) in [6.07, 6.45) is 1.34. The normalized spacial score (nSPS) is 11.4. The zero-order valence-electron chi connectivity index (χ0n) is 11.4. The van der Waals surface area contributed by atoms with Crippen LogP contribution < -0.4 is 4.72 Å². The zero-order chi connectivity index (χ0) is 15.6. The van der Waals surface area contributed by atoms with Gasteiger partial charge in [0.05, 0.1) is 10.5 Å². The second-order valence-electron chi connectivity index (χ2n) is 4.59. The zero-order valence-corrected chi connectivity index (χ0v) is 12.2. The van der Waals surface area contributed by atoms with Crippen molar-refractivity contribution in [3.05, 3.63) is 60.0 Å². The highest BCUT2D eigenvalue weighted by Crippen LogP contribution is 2.17. The van der Waals surface area contributed by atoms with Crippen molar-refractivity contribution >= 4 is 21.1 Å². The van der Waals surface area contributed by atoms with Crippen LogP contribution in [0.15, 0.2) is 58.2 Å². The summed E-state index contributed by atoms with van der Waals surface area (Å²) in [6.45, 7) is 0.0960. The van der Waals surface area contributed by atoms with Gasteiger partial charge in [-0.15, -0.1) is 0 Å². The number of nitrogens with one attached hydrogen (secondary N) is 1. The summed E-state index contributed by atoms with van der Waals surface area (Å²) in [7, 11) is -3.76. The first-order valence-corrected chi connectivity index (χ1v) is 7.89. The van der Waals surface area contributed by atoms with Gasteiger partial charge in [-0.2, -0.15) is 5.26 Å². The summed E-state index contributed by atoms with van der Waals surface area (Å²) >= 11 is 0. The first-order chi connectivity index (χ1) is 10.6. The molecule has 0 atom stereocenters. The Labute approximate surface area is 127 Å². The molecule has 6 nitrogen and oxygen atoms in total. The molecule has 1 aromatic heterocycles. The maximum atomic E-state index is 12.3. The molecule has 0 radical (unpaired) electrons. The molecule has 22 heavy (non-hydrogen) atoms. The molecule has 7 heteroatoms. The minimum absolute atomic E-state index is 0.0294. The highest BCUT2D eigenvalue weighted by Gasteiger charge is 2.17. The third-order valence-corrected chi connectivity index (χ3v) is 4.62. The fourth-order valence-corrected chi connectivity index (χ4v) is 3.23. The summed E-state index contributed by atoms with van der Waals surface area (Å²) in [6, 6.07) is 13.2. The molecule has 1 N–H and O–H groups in total. The first kappa shape index (κ1) is 14.3. The van der Waals surface area contributed by atoms with Crippen LogP contribution in [0.25, 0.3) is 11.1 Å². The van der Waals surface area contributed by atoms with E-state index in [4.69, 9.17) is 9.68 Å². The Bertz CT molecular complexity index is 971. The number of benzene rings is 2. The Hall–Kier alpha value is -2.69. The number of oxazole rings is 1. The maximum Gasteiger partial charge on any atom is 0.242 e. The van der Waals surface area contributed by atoms with E-state index in [0.717, 1.165) is 5.56 Å². The topological polar surface area (TPSA) is 96.0 Å². The van der Waals surface area contributed by atoms with E-state index >= 15 is 0 Å². The molecule has 0 saturated heterocycles. The van der Waals surface area contributed by atoms with E-state index in [0.29, 0.717) is 11.1 Å². The molecule has 0 aliphatic rings. The minimum Gasteiger partial charge on any atom is -0.443 e. The maximum absolute atomic E-state index is 12.3. The Balaban J connectivity index is 1.84. The molecule has 110 valence electrons. The molecular weight excluding hydrogens is 302 g/mol. The van der Waals surface area contributed by atoms with Gasteiger partial charge >= 0.3 is 0 Å². The average Bonchev–Trinajstić information content (AvgIpc) is 3.00. The molecule has 0 spiro atoms. The van der Waals surface area contributed by atoms with Crippen molar-refractivity contribution in [2.75, 3.05) is 0 Å². The van der Waals surface area contributed by atoms with E-state index in [-0.39, 0.29) is 17.0 Å². The van der Waals surface area contributed by atoms with Gasteiger partial charge in [0.2, 0.25) is 10.0 Å². The lowest BCUT2D eigenvalue weighted by molar-refractivity contribution is 0.580. The minimum atomic E-state index is -3.76. The van der Waals surface area contributed by atoms with Crippen LogP contribution in [0.2, 0.25) is 0 Å². The lowest BCUT2D eigenvalue weighted by Crippen LogP contribution is -2.24. The van der Waals surface area contributed by atoms with Crippen molar-refractivity contribution < 1.29 is 12.8 Å². The molecule has 0 fully saturated rings. The van der Waals surface area contributed by atoms with Gasteiger partial charge in [-0.1, -0.05) is 18.2 Å². The summed E-state index contributed by atoms with van der Waals surface area (Å²) in [5, 5.41) is 9.00. The Morgan fingerprint density at radius 2 is 2.05 bits per heavy atom. The summed E-state index contributed by atoms with van der Waals surface area (Å²) < 4.78 is 32.3. The standard InChI is InChI=1S/C15H11N3O3S/c16-8-12-3-1-2-4-15(12)22(19,20)18-9-11-5-6-13-14(7-11)21-10-17-13/h1-7,10,18H,9H2. The van der Waals surface area contributed by atoms with E-state index in [2.05, 4.69) is 9.71 Å². The second kappa shape index (κ2) is 5.60. The Morgan fingerprint density at radius 3 is 2.86 bits per heavy atom. The van der Waals surface area contributed by atoms with E-state index in [1.165, 1.54) is 18.5 Å². The number of sulfonamides is 1. The predicted octanol–water partition coefficient (Wildman–Crippen LogP) is 2.18. The van der Waals surface area contributed by atoms with Crippen LogP contribution in [-0.4, -0.2) is 13.4 Å². The Morgan fingerprint density at radius 1 is 1.23 bits per heavy atom. The summed E-state index contributed by atoms with van der Waals surface area (Å²) in [4.78, 5) is 3.97. The molecule has 3 rings (SSSR count). The van der Waals surface area contributed by atoms with E-state index in [1.807, 2.05) is 6.07 Å². The van der Waals surface area contributed by atoms with Crippen molar-refractivity contribution in [2.24, 2.45) is 0 Å². The van der Waals surface area contributed by atoms with E-state index < -0.39 is 10.0 Å². The number of aromatic nitrogens is 1. The fourth-order valence-electron chi connectivity index (χ4n) is 2.06. The SMILES string of the molecule is N#Cc1ccccc1S(=O)(=O)NCc1ccc2ncoc2c1. The average molecular weight is 313 g/mol. The molecule has 1 heterocycles. The molecule has 0 aliphatic heterocycles. The smallest absolute Gasteiger partial charge is 0.242 e. The first-order valence-electron chi connectivity index (χ1n) is 6.41. The van der Waals surface area contributed by atoms with Gasteiger partial charge in [0.1, 0.15) is 11.6 Å². The molecule has 0 unspecified atom stereocenters. The van der Waals surface area contributed by atoms with Gasteiger partial charge in [-0.25, -0.2) is 18.1 Å². The van der Waals surface area contributed by atoms with E-state index in [1.54, 1.807) is 30.3 Å². The molecule has 2 aromatic carbocycles. The quantitative estimate of drug-likeness (QED) is 0.796. The number of hydrogen-bond acceptors (Lipinski definition) is 5. The fraction of sp³-hybridized carbons (Fsp3) is 0.0667. The third kappa shape index (κ3) is 2.70. The van der Waals surface area contributed by atoms with Crippen LogP contribution in [0.1, 0.15) is 11.1 Å². The lowest BCUT2D eigenvalue weighted by atomic mass is 10.2. The van der Waals surface area contributed by atoms with Gasteiger partial charge < -0.3 is 4.42 Å². The van der Waals surface area contributed by atoms with Crippen molar-refractivity contribution in [1.82, 2.24) is 9.71 Å². The molecule has 0 aliphatic carbocycles. The van der Waals surface area contributed by atoms with Crippen LogP contribution >= 0.6 is 0 Å². The van der Waals surface area contributed by atoms with E-state index in [9.17, 15) is 8.42 Å². The van der Waals surface area contributed by atoms with Crippen LogP contribution in [0.4, 0.5) is 0 Å². The van der Waals surface area contributed by atoms with Gasteiger partial charge in [0.15, 0.2) is 12.0 Å². The monoisotopic (exact) mass is 313 g/mol. The number of nitriles is 1. The van der Waals surface area contributed by atoms with Crippen LogP contribution in [0.5, 0.6) is 0 Å². The Kier molecular flexibility index (Phi) is 3.63. The van der Waals surface area contributed by atoms with Crippen molar-refractivity contribution in [1.29, 1.82) is 5.26 Å². The molecule has 0 bridgehead atoms. The van der Waals surface area contributed by atoms with Gasteiger partial charge in [-0.05, 0) is 29.8 Å². The largest absolute Gasteiger partial charge is 0.443 e. The third-order valence-electron chi connectivity index (χ3n) is 3.16. The van der Waals surface area contributed by atoms with Crippen LogP contribution in [0, 0.1) is 11.3 Å². The van der Waals surface area contributed by atoms with Gasteiger partial charge in [0.25, 0.3) is 0 Å². The molecule has 0 amide bonds. The number of rotatable bonds is 4. The number of nitrogens with zero attached hydrogens (tertiary/aromatic N) is 2. The van der Waals surface area contributed by atoms with Crippen LogP contribution in [0.3, 0.4) is 0 Å².